The van der Waals surface area contributed by atoms with Gasteiger partial charge in [-0.25, -0.2) is 0 Å². The van der Waals surface area contributed by atoms with Crippen molar-refractivity contribution >= 4 is 16.5 Å². The van der Waals surface area contributed by atoms with E-state index in [9.17, 15) is 9.13 Å². The van der Waals surface area contributed by atoms with E-state index in [1.54, 1.807) is 0 Å². The maximum atomic E-state index is 9.39. The van der Waals surface area contributed by atoms with E-state index in [0.29, 0.717) is 6.61 Å². The van der Waals surface area contributed by atoms with Crippen LogP contribution in [0.1, 0.15) is 114 Å². The zero-order chi connectivity index (χ0) is 19.9. The Balaban J connectivity index is -0.0000000650. The predicted molar refractivity (Wildman–Crippen MR) is 111 cm³/mol. The van der Waals surface area contributed by atoms with E-state index in [0.717, 1.165) is 6.42 Å². The van der Waals surface area contributed by atoms with Crippen LogP contribution in [-0.2, 0) is 13.4 Å². The van der Waals surface area contributed by atoms with E-state index in [4.69, 9.17) is 14.9 Å². The van der Waals surface area contributed by atoms with E-state index >= 15 is 0 Å². The van der Waals surface area contributed by atoms with Crippen molar-refractivity contribution in [2.24, 2.45) is 0 Å². The third kappa shape index (κ3) is 49.3. The predicted octanol–water partition coefficient (Wildman–Crippen LogP) is -2.11. The van der Waals surface area contributed by atoms with Crippen molar-refractivity contribution in [1.29, 1.82) is 0 Å². The molecule has 0 aliphatic heterocycles. The Morgan fingerprint density at radius 3 is 1.00 bits per heavy atom. The fourth-order valence-electron chi connectivity index (χ4n) is 2.72. The SMILES string of the molecule is CCCCCCCCCCCCCCCCCCO.O=[P+](O)O[P+](=O)O.[H-].[H-].[H-].[Na+].[Na+].[Na+]. The van der Waals surface area contributed by atoms with Gasteiger partial charge in [0.15, 0.2) is 4.31 Å². The van der Waals surface area contributed by atoms with Crippen molar-refractivity contribution in [3.8, 4) is 0 Å². The third-order valence-corrected chi connectivity index (χ3v) is 5.27. The van der Waals surface area contributed by atoms with E-state index < -0.39 is 16.5 Å². The standard InChI is InChI=1S/C18H38O.3Na.O5P2.3H/c1-2-3-4-5-6-7-8-9-10-11-12-13-14-15-16-17-18-19;;;;1-6(2)5-7(3)4;;;/h19H,2-18H2,1H3;;;;;;;/q;3*+1;;3*-1/p+2. The van der Waals surface area contributed by atoms with Crippen molar-refractivity contribution in [3.63, 3.8) is 0 Å². The molecule has 0 fully saturated rings. The van der Waals surface area contributed by atoms with Crippen LogP contribution in [-0.4, -0.2) is 21.5 Å². The first-order chi connectivity index (χ1) is 12.5. The second kappa shape index (κ2) is 38.3. The first-order valence-corrected chi connectivity index (χ1v) is 12.4. The van der Waals surface area contributed by atoms with Gasteiger partial charge in [0.2, 0.25) is 0 Å². The van der Waals surface area contributed by atoms with Crippen molar-refractivity contribution in [2.45, 2.75) is 110 Å². The van der Waals surface area contributed by atoms with Gasteiger partial charge in [-0.15, -0.1) is 9.79 Å². The van der Waals surface area contributed by atoms with Gasteiger partial charge in [0.25, 0.3) is 0 Å². The summed E-state index contributed by atoms with van der Waals surface area (Å²) in [4.78, 5) is 15.3. The van der Waals surface area contributed by atoms with Crippen LogP contribution in [0.25, 0.3) is 0 Å². The van der Waals surface area contributed by atoms with Crippen LogP contribution in [0.2, 0.25) is 0 Å². The smallest absolute Gasteiger partial charge is 1.00 e. The Morgan fingerprint density at radius 1 is 0.586 bits per heavy atom. The Kier molecular flexibility index (Phi) is 55.8. The average molecular weight is 486 g/mol. The molecule has 0 aromatic carbocycles. The molecule has 3 N–H and O–H groups in total. The molecule has 0 bridgehead atoms. The van der Waals surface area contributed by atoms with Crippen LogP contribution >= 0.6 is 16.5 Å². The first kappa shape index (κ1) is 42.2. The van der Waals surface area contributed by atoms with Crippen LogP contribution in [0.3, 0.4) is 0 Å². The largest absolute Gasteiger partial charge is 1.00 e. The molecule has 6 nitrogen and oxygen atoms in total. The van der Waals surface area contributed by atoms with Gasteiger partial charge in [-0.3, -0.25) is 0 Å². The fraction of sp³-hybridized carbons (Fsp3) is 1.00. The molecule has 0 spiro atoms. The maximum Gasteiger partial charge on any atom is 1.00 e. The topological polar surface area (TPSA) is 104 Å². The third-order valence-electron chi connectivity index (χ3n) is 4.15. The van der Waals surface area contributed by atoms with Gasteiger partial charge >= 0.3 is 105 Å². The van der Waals surface area contributed by atoms with Crippen LogP contribution in [0.15, 0.2) is 0 Å². The summed E-state index contributed by atoms with van der Waals surface area (Å²) in [6.45, 7) is 2.66. The molecule has 0 heterocycles. The molecule has 0 rings (SSSR count). The van der Waals surface area contributed by atoms with Gasteiger partial charge in [0.1, 0.15) is 0 Å². The quantitative estimate of drug-likeness (QED) is 0.116. The molecule has 0 aromatic rings. The molecule has 0 aromatic heterocycles. The average Bonchev–Trinajstić information content (AvgIpc) is 2.58. The molecule has 0 saturated carbocycles. The summed E-state index contributed by atoms with van der Waals surface area (Å²) in [7, 11) is -5.85. The second-order valence-electron chi connectivity index (χ2n) is 6.58. The van der Waals surface area contributed by atoms with Crippen LogP contribution < -0.4 is 88.7 Å². The molecule has 162 valence electrons. The van der Waals surface area contributed by atoms with Gasteiger partial charge in [-0.1, -0.05) is 103 Å². The molecular weight excluding hydrogens is 443 g/mol. The minimum atomic E-state index is -2.92. The van der Waals surface area contributed by atoms with E-state index in [1.807, 2.05) is 0 Å². The monoisotopic (exact) mass is 486 g/mol. The number of aliphatic hydroxyl groups is 1. The summed E-state index contributed by atoms with van der Waals surface area (Å²) in [5.41, 5.74) is 0. The summed E-state index contributed by atoms with van der Waals surface area (Å²) in [5, 5.41) is 8.67. The van der Waals surface area contributed by atoms with E-state index in [2.05, 4.69) is 11.2 Å². The molecule has 29 heavy (non-hydrogen) atoms. The van der Waals surface area contributed by atoms with Gasteiger partial charge in [-0.05, 0) is 6.42 Å². The molecule has 0 radical (unpaired) electrons. The van der Waals surface area contributed by atoms with Crippen LogP contribution in [0.5, 0.6) is 0 Å². The summed E-state index contributed by atoms with van der Waals surface area (Å²) in [5.74, 6) is 0. The Bertz CT molecular complexity index is 316. The van der Waals surface area contributed by atoms with Crippen molar-refractivity contribution in [1.82, 2.24) is 0 Å². The summed E-state index contributed by atoms with van der Waals surface area (Å²) in [6, 6.07) is 0. The van der Waals surface area contributed by atoms with Crippen LogP contribution in [0, 0.1) is 0 Å². The number of unbranched alkanes of at least 4 members (excludes halogenated alkanes) is 15. The molecule has 0 aliphatic rings. The van der Waals surface area contributed by atoms with Crippen molar-refractivity contribution in [2.75, 3.05) is 6.61 Å². The second-order valence-corrected chi connectivity index (χ2v) is 8.19. The molecule has 2 unspecified atom stereocenters. The number of hydrogen-bond acceptors (Lipinski definition) is 4. The molecule has 2 atom stereocenters. The van der Waals surface area contributed by atoms with Gasteiger partial charge in [0, 0.05) is 15.7 Å². The van der Waals surface area contributed by atoms with Gasteiger partial charge in [0.05, 0.1) is 0 Å². The minimum absolute atomic E-state index is 0. The minimum Gasteiger partial charge on any atom is -1.00 e. The number of rotatable bonds is 18. The van der Waals surface area contributed by atoms with Crippen molar-refractivity contribution in [3.05, 3.63) is 0 Å². The summed E-state index contributed by atoms with van der Waals surface area (Å²) < 4.78 is 22.2. The van der Waals surface area contributed by atoms with Crippen LogP contribution in [0.4, 0.5) is 0 Å². The Morgan fingerprint density at radius 2 is 0.828 bits per heavy atom. The fourth-order valence-corrected chi connectivity index (χ4v) is 3.20. The molecule has 11 heteroatoms. The number of aliphatic hydroxyl groups excluding tert-OH is 1. The summed E-state index contributed by atoms with van der Waals surface area (Å²) >= 11 is 0. The van der Waals surface area contributed by atoms with Crippen molar-refractivity contribution < 1.29 is 121 Å². The zero-order valence-corrected chi connectivity index (χ0v) is 27.3. The molecule has 0 aliphatic carbocycles. The molecule has 0 amide bonds. The van der Waals surface area contributed by atoms with Gasteiger partial charge < -0.3 is 9.39 Å². The first-order valence-electron chi connectivity index (χ1n) is 10.2. The van der Waals surface area contributed by atoms with E-state index in [1.165, 1.54) is 96.3 Å². The normalized spacial score (nSPS) is 10.5. The summed E-state index contributed by atoms with van der Waals surface area (Å²) in [6.07, 6.45) is 22.2. The maximum absolute atomic E-state index is 9.39. The molecule has 0 saturated heterocycles. The zero-order valence-electron chi connectivity index (χ0n) is 22.5. The Hall–Kier alpha value is 3.04. The Labute approximate surface area is 251 Å². The molecular formula is C18H43Na3O6P2+2. The van der Waals surface area contributed by atoms with Gasteiger partial charge in [-0.2, -0.15) is 0 Å². The van der Waals surface area contributed by atoms with E-state index in [-0.39, 0.29) is 93.0 Å². The number of hydrogen-bond donors (Lipinski definition) is 3.